The van der Waals surface area contributed by atoms with Gasteiger partial charge < -0.3 is 20.2 Å². The highest BCUT2D eigenvalue weighted by molar-refractivity contribution is 7.15. The van der Waals surface area contributed by atoms with Gasteiger partial charge in [-0.05, 0) is 55.7 Å². The minimum atomic E-state index is -0.486. The van der Waals surface area contributed by atoms with Crippen LogP contribution < -0.4 is 5.32 Å². The number of piperazine rings is 1. The van der Waals surface area contributed by atoms with Crippen molar-refractivity contribution in [2.75, 3.05) is 45.1 Å². The molecule has 0 spiro atoms. The van der Waals surface area contributed by atoms with Crippen molar-refractivity contribution < 1.29 is 9.90 Å². The molecule has 8 heteroatoms. The number of carbonyl (C=O) groups excluding carboxylic acids is 1. The lowest BCUT2D eigenvalue weighted by Gasteiger charge is -2.53. The van der Waals surface area contributed by atoms with Crippen LogP contribution in [0.2, 0.25) is 0 Å². The summed E-state index contributed by atoms with van der Waals surface area (Å²) in [7, 11) is 2.11. The van der Waals surface area contributed by atoms with Crippen LogP contribution in [-0.4, -0.2) is 76.7 Å². The van der Waals surface area contributed by atoms with Gasteiger partial charge in [-0.25, -0.2) is 4.98 Å². The molecule has 6 atom stereocenters. The maximum atomic E-state index is 13.3. The molecule has 3 aliphatic rings. The van der Waals surface area contributed by atoms with Gasteiger partial charge in [0.05, 0.1) is 11.8 Å². The molecule has 1 saturated carbocycles. The zero-order valence-corrected chi connectivity index (χ0v) is 22.9. The van der Waals surface area contributed by atoms with Crippen molar-refractivity contribution in [2.45, 2.75) is 58.5 Å². The number of thiazole rings is 1. The topological polar surface area (TPSA) is 81.6 Å². The van der Waals surface area contributed by atoms with Gasteiger partial charge >= 0.3 is 0 Å². The van der Waals surface area contributed by atoms with E-state index in [2.05, 4.69) is 42.2 Å². The van der Waals surface area contributed by atoms with Crippen LogP contribution in [0.1, 0.15) is 55.8 Å². The van der Waals surface area contributed by atoms with Crippen LogP contribution in [-0.2, 0) is 17.6 Å². The summed E-state index contributed by atoms with van der Waals surface area (Å²) >= 11 is 1.77. The molecule has 1 aliphatic heterocycles. The van der Waals surface area contributed by atoms with Gasteiger partial charge in [0.2, 0.25) is 5.91 Å². The Labute approximate surface area is 219 Å². The first kappa shape index (κ1) is 25.6. The maximum Gasteiger partial charge on any atom is 0.225 e. The highest BCUT2D eigenvalue weighted by Gasteiger charge is 2.54. The predicted octanol–water partition coefficient (Wildman–Crippen LogP) is 3.66. The van der Waals surface area contributed by atoms with Gasteiger partial charge in [-0.1, -0.05) is 26.8 Å². The molecule has 7 nitrogen and oxygen atoms in total. The first-order valence-corrected chi connectivity index (χ1v) is 14.4. The van der Waals surface area contributed by atoms with E-state index in [-0.39, 0.29) is 35.0 Å². The van der Waals surface area contributed by atoms with E-state index in [4.69, 9.17) is 4.98 Å². The Morgan fingerprint density at radius 1 is 1.31 bits per heavy atom. The van der Waals surface area contributed by atoms with Crippen LogP contribution in [0.25, 0.3) is 0 Å². The molecule has 2 aliphatic carbocycles. The molecule has 196 valence electrons. The highest BCUT2D eigenvalue weighted by Crippen LogP contribution is 2.57. The van der Waals surface area contributed by atoms with E-state index in [1.807, 2.05) is 30.2 Å². The molecule has 5 rings (SSSR count). The standard InChI is InChI=1S/C28H41N5O2S/c1-18(26(35)33-15-13-32(4)14-16-33)21-8-10-28(3)17-22-24(19(2)23(28)25(21)34)31-27(36-22)30-12-9-20-7-5-6-11-29-20/h5-7,11,18-19,21,23,25,34H,8-10,12-17H2,1-4H3,(H,30,31)/t18-,19-,21-,23+,25-,28-/m0/s1. The smallest absolute Gasteiger partial charge is 0.225 e. The number of hydrogen-bond donors (Lipinski definition) is 2. The normalized spacial score (nSPS) is 31.4. The van der Waals surface area contributed by atoms with E-state index >= 15 is 0 Å². The summed E-state index contributed by atoms with van der Waals surface area (Å²) in [6, 6.07) is 6.01. The summed E-state index contributed by atoms with van der Waals surface area (Å²) in [5.74, 6) is 0.364. The van der Waals surface area contributed by atoms with Crippen molar-refractivity contribution in [3.8, 4) is 0 Å². The second kappa shape index (κ2) is 10.4. The van der Waals surface area contributed by atoms with Gasteiger partial charge in [0.25, 0.3) is 0 Å². The lowest BCUT2D eigenvalue weighted by molar-refractivity contribution is -0.146. The summed E-state index contributed by atoms with van der Waals surface area (Å²) in [5.41, 5.74) is 2.25. The number of hydrogen-bond acceptors (Lipinski definition) is 7. The van der Waals surface area contributed by atoms with Crippen LogP contribution in [0.4, 0.5) is 5.13 Å². The van der Waals surface area contributed by atoms with Crippen molar-refractivity contribution in [3.05, 3.63) is 40.7 Å². The van der Waals surface area contributed by atoms with Crippen molar-refractivity contribution in [1.82, 2.24) is 19.8 Å². The zero-order chi connectivity index (χ0) is 25.4. The van der Waals surface area contributed by atoms with E-state index < -0.39 is 6.10 Å². The lowest BCUT2D eigenvalue weighted by atomic mass is 9.53. The van der Waals surface area contributed by atoms with E-state index in [0.29, 0.717) is 0 Å². The van der Waals surface area contributed by atoms with Crippen molar-refractivity contribution >= 4 is 22.4 Å². The molecule has 2 aromatic heterocycles. The number of rotatable bonds is 6. The summed E-state index contributed by atoms with van der Waals surface area (Å²) in [4.78, 5) is 28.4. The summed E-state index contributed by atoms with van der Waals surface area (Å²) in [5, 5.41) is 16.2. The van der Waals surface area contributed by atoms with Crippen molar-refractivity contribution in [3.63, 3.8) is 0 Å². The Morgan fingerprint density at radius 3 is 2.81 bits per heavy atom. The van der Waals surface area contributed by atoms with Crippen LogP contribution in [0, 0.1) is 23.2 Å². The molecule has 2 fully saturated rings. The second-order valence-electron chi connectivity index (χ2n) is 11.6. The predicted molar refractivity (Wildman–Crippen MR) is 144 cm³/mol. The van der Waals surface area contributed by atoms with E-state index in [9.17, 15) is 9.90 Å². The molecule has 0 bridgehead atoms. The lowest BCUT2D eigenvalue weighted by Crippen LogP contribution is -2.55. The Bertz CT molecular complexity index is 1050. The molecular formula is C28H41N5O2S. The molecule has 0 unspecified atom stereocenters. The summed E-state index contributed by atoms with van der Waals surface area (Å²) in [6.07, 6.45) is 5.12. The Morgan fingerprint density at radius 2 is 2.08 bits per heavy atom. The Kier molecular flexibility index (Phi) is 7.39. The van der Waals surface area contributed by atoms with E-state index in [1.165, 1.54) is 4.88 Å². The number of anilines is 1. The highest BCUT2D eigenvalue weighted by atomic mass is 32.1. The first-order chi connectivity index (χ1) is 17.3. The molecular weight excluding hydrogens is 470 g/mol. The fraction of sp³-hybridized carbons (Fsp3) is 0.679. The molecule has 3 heterocycles. The van der Waals surface area contributed by atoms with Gasteiger partial charge in [0.1, 0.15) is 0 Å². The number of aromatic nitrogens is 2. The third-order valence-electron chi connectivity index (χ3n) is 9.15. The SMILES string of the molecule is C[C@H](C(=O)N1CCN(C)CC1)[C@@H]1CC[C@@]2(C)Cc3sc(NCCc4ccccn4)nc3[C@@H](C)[C@@H]2[C@H]1O. The van der Waals surface area contributed by atoms with Crippen molar-refractivity contribution in [1.29, 1.82) is 0 Å². The van der Waals surface area contributed by atoms with E-state index in [1.54, 1.807) is 11.3 Å². The van der Waals surface area contributed by atoms with Crippen molar-refractivity contribution in [2.24, 2.45) is 23.2 Å². The van der Waals surface area contributed by atoms with Gasteiger partial charge in [-0.3, -0.25) is 9.78 Å². The third-order valence-corrected chi connectivity index (χ3v) is 10.2. The zero-order valence-electron chi connectivity index (χ0n) is 22.1. The number of likely N-dealkylation sites (N-methyl/N-ethyl adjacent to an activating group) is 1. The maximum absolute atomic E-state index is 13.3. The van der Waals surface area contributed by atoms with Gasteiger partial charge in [0.15, 0.2) is 5.13 Å². The van der Waals surface area contributed by atoms with Gasteiger partial charge in [-0.15, -0.1) is 11.3 Å². The van der Waals surface area contributed by atoms with Crippen LogP contribution >= 0.6 is 11.3 Å². The minimum absolute atomic E-state index is 0.00818. The molecule has 0 radical (unpaired) electrons. The van der Waals surface area contributed by atoms with E-state index in [0.717, 1.165) is 74.9 Å². The Hall–Kier alpha value is -2.03. The number of aliphatic hydroxyl groups is 1. The van der Waals surface area contributed by atoms with Gasteiger partial charge in [0, 0.05) is 67.7 Å². The number of nitrogens with zero attached hydrogens (tertiary/aromatic N) is 4. The largest absolute Gasteiger partial charge is 0.392 e. The number of nitrogens with one attached hydrogen (secondary N) is 1. The third kappa shape index (κ3) is 4.92. The monoisotopic (exact) mass is 511 g/mol. The molecule has 36 heavy (non-hydrogen) atoms. The second-order valence-corrected chi connectivity index (χ2v) is 12.7. The summed E-state index contributed by atoms with van der Waals surface area (Å²) in [6.45, 7) is 10.9. The number of aliphatic hydroxyl groups excluding tert-OH is 1. The summed E-state index contributed by atoms with van der Waals surface area (Å²) < 4.78 is 0. The molecule has 1 saturated heterocycles. The minimum Gasteiger partial charge on any atom is -0.392 e. The molecule has 1 amide bonds. The van der Waals surface area contributed by atoms with Crippen LogP contribution in [0.15, 0.2) is 24.4 Å². The first-order valence-electron chi connectivity index (χ1n) is 13.6. The number of carbonyl (C=O) groups is 1. The average molecular weight is 512 g/mol. The van der Waals surface area contributed by atoms with Gasteiger partial charge in [-0.2, -0.15) is 0 Å². The van der Waals surface area contributed by atoms with Crippen LogP contribution in [0.3, 0.4) is 0 Å². The van der Waals surface area contributed by atoms with Crippen LogP contribution in [0.5, 0.6) is 0 Å². The fourth-order valence-electron chi connectivity index (χ4n) is 6.96. The molecule has 2 aromatic rings. The number of pyridine rings is 1. The quantitative estimate of drug-likeness (QED) is 0.616. The Balaban J connectivity index is 1.27. The molecule has 0 aromatic carbocycles. The fourth-order valence-corrected chi connectivity index (χ4v) is 8.25. The number of fused-ring (bicyclic) bond motifs is 2. The molecule has 2 N–H and O–H groups in total. The number of amides is 1. The average Bonchev–Trinajstić information content (AvgIpc) is 3.27.